The van der Waals surface area contributed by atoms with E-state index in [9.17, 15) is 14.4 Å². The second-order valence-corrected chi connectivity index (χ2v) is 5.94. The Hall–Kier alpha value is -2.77. The zero-order chi connectivity index (χ0) is 19.8. The molecule has 0 bridgehead atoms. The molecule has 27 heavy (non-hydrogen) atoms. The summed E-state index contributed by atoms with van der Waals surface area (Å²) in [5.74, 6) is -1.30. The molecule has 0 atom stereocenters. The van der Waals surface area contributed by atoms with Gasteiger partial charge in [0.2, 0.25) is 0 Å². The number of rotatable bonds is 6. The van der Waals surface area contributed by atoms with Crippen LogP contribution >= 0.6 is 23.2 Å². The van der Waals surface area contributed by atoms with Crippen molar-refractivity contribution in [3.8, 4) is 0 Å². The first kappa shape index (κ1) is 20.5. The predicted octanol–water partition coefficient (Wildman–Crippen LogP) is 4.36. The van der Waals surface area contributed by atoms with Crippen molar-refractivity contribution in [2.75, 3.05) is 23.8 Å². The third kappa shape index (κ3) is 6.16. The Kier molecular flexibility index (Phi) is 7.45. The van der Waals surface area contributed by atoms with Crippen LogP contribution < -0.4 is 10.6 Å². The molecule has 2 aromatic rings. The van der Waals surface area contributed by atoms with E-state index < -0.39 is 24.6 Å². The Balaban J connectivity index is 1.92. The van der Waals surface area contributed by atoms with Crippen molar-refractivity contribution >= 4 is 52.5 Å². The molecular weight excluding hydrogens is 395 g/mol. The van der Waals surface area contributed by atoms with Gasteiger partial charge in [0, 0.05) is 5.69 Å². The number of benzene rings is 2. The molecule has 0 aliphatic heterocycles. The fourth-order valence-corrected chi connectivity index (χ4v) is 2.36. The van der Waals surface area contributed by atoms with Gasteiger partial charge in [-0.05, 0) is 37.3 Å². The molecular formula is C18H16Cl2N2O5. The molecule has 2 rings (SSSR count). The molecule has 2 N–H and O–H groups in total. The minimum Gasteiger partial charge on any atom is -0.452 e. The summed E-state index contributed by atoms with van der Waals surface area (Å²) < 4.78 is 9.73. The van der Waals surface area contributed by atoms with Gasteiger partial charge in [0.15, 0.2) is 6.61 Å². The maximum atomic E-state index is 12.1. The molecule has 0 heterocycles. The number of nitrogens with one attached hydrogen (secondary N) is 2. The zero-order valence-corrected chi connectivity index (χ0v) is 15.8. The van der Waals surface area contributed by atoms with Gasteiger partial charge in [-0.3, -0.25) is 10.1 Å². The molecule has 0 saturated carbocycles. The Bertz CT molecular complexity index is 857. The van der Waals surface area contributed by atoms with E-state index in [1.54, 1.807) is 37.3 Å². The summed E-state index contributed by atoms with van der Waals surface area (Å²) >= 11 is 11.8. The minimum absolute atomic E-state index is 0.165. The van der Waals surface area contributed by atoms with Crippen LogP contribution in [0.3, 0.4) is 0 Å². The molecule has 0 aliphatic rings. The molecule has 7 nitrogen and oxygen atoms in total. The molecule has 0 radical (unpaired) electrons. The van der Waals surface area contributed by atoms with E-state index in [4.69, 9.17) is 32.7 Å². The van der Waals surface area contributed by atoms with E-state index in [0.29, 0.717) is 11.4 Å². The number of carbonyl (C=O) groups is 3. The van der Waals surface area contributed by atoms with Crippen molar-refractivity contribution in [1.82, 2.24) is 0 Å². The average Bonchev–Trinajstić information content (AvgIpc) is 2.64. The molecule has 0 aliphatic carbocycles. The topological polar surface area (TPSA) is 93.7 Å². The SMILES string of the molecule is CCOC(=O)Nc1cccc(C(=O)OCC(=O)Nc2cccc(Cl)c2Cl)c1. The van der Waals surface area contributed by atoms with Crippen LogP contribution in [-0.4, -0.2) is 31.2 Å². The van der Waals surface area contributed by atoms with Crippen LogP contribution in [0, 0.1) is 0 Å². The van der Waals surface area contributed by atoms with E-state index in [1.807, 2.05) is 0 Å². The van der Waals surface area contributed by atoms with E-state index in [0.717, 1.165) is 0 Å². The molecule has 0 fully saturated rings. The molecule has 0 spiro atoms. The summed E-state index contributed by atoms with van der Waals surface area (Å²) in [7, 11) is 0. The van der Waals surface area contributed by atoms with Gasteiger partial charge >= 0.3 is 12.1 Å². The highest BCUT2D eigenvalue weighted by molar-refractivity contribution is 6.44. The van der Waals surface area contributed by atoms with Crippen LogP contribution in [0.5, 0.6) is 0 Å². The summed E-state index contributed by atoms with van der Waals surface area (Å²) in [6.07, 6.45) is -0.638. The zero-order valence-electron chi connectivity index (χ0n) is 14.3. The quantitative estimate of drug-likeness (QED) is 0.689. The maximum absolute atomic E-state index is 12.1. The van der Waals surface area contributed by atoms with Gasteiger partial charge in [-0.15, -0.1) is 0 Å². The monoisotopic (exact) mass is 410 g/mol. The van der Waals surface area contributed by atoms with Gasteiger partial charge in [-0.1, -0.05) is 35.3 Å². The van der Waals surface area contributed by atoms with E-state index >= 15 is 0 Å². The molecule has 9 heteroatoms. The summed E-state index contributed by atoms with van der Waals surface area (Å²) in [6, 6.07) is 10.8. The summed E-state index contributed by atoms with van der Waals surface area (Å²) in [6.45, 7) is 1.38. The number of anilines is 2. The molecule has 142 valence electrons. The fraction of sp³-hybridized carbons (Fsp3) is 0.167. The van der Waals surface area contributed by atoms with Gasteiger partial charge in [0.05, 0.1) is 27.9 Å². The van der Waals surface area contributed by atoms with Crippen molar-refractivity contribution < 1.29 is 23.9 Å². The Morgan fingerprint density at radius 2 is 1.74 bits per heavy atom. The second-order valence-electron chi connectivity index (χ2n) is 5.15. The normalized spacial score (nSPS) is 10.0. The summed E-state index contributed by atoms with van der Waals surface area (Å²) in [4.78, 5) is 35.4. The van der Waals surface area contributed by atoms with Crippen molar-refractivity contribution in [2.24, 2.45) is 0 Å². The van der Waals surface area contributed by atoms with Crippen molar-refractivity contribution in [2.45, 2.75) is 6.92 Å². The molecule has 0 aromatic heterocycles. The van der Waals surface area contributed by atoms with Crippen molar-refractivity contribution in [3.05, 3.63) is 58.1 Å². The molecule has 2 amide bonds. The maximum Gasteiger partial charge on any atom is 0.411 e. The summed E-state index contributed by atoms with van der Waals surface area (Å²) in [5.41, 5.74) is 0.835. The lowest BCUT2D eigenvalue weighted by Crippen LogP contribution is -2.21. The van der Waals surface area contributed by atoms with Crippen LogP contribution in [0.25, 0.3) is 0 Å². The first-order chi connectivity index (χ1) is 12.9. The van der Waals surface area contributed by atoms with Crippen molar-refractivity contribution in [3.63, 3.8) is 0 Å². The predicted molar refractivity (Wildman–Crippen MR) is 102 cm³/mol. The largest absolute Gasteiger partial charge is 0.452 e. The van der Waals surface area contributed by atoms with Gasteiger partial charge in [0.25, 0.3) is 5.91 Å². The third-order valence-electron chi connectivity index (χ3n) is 3.18. The molecule has 0 unspecified atom stereocenters. The van der Waals surface area contributed by atoms with Crippen molar-refractivity contribution in [1.29, 1.82) is 0 Å². The Labute approximate surface area is 165 Å². The summed E-state index contributed by atoms with van der Waals surface area (Å²) in [5, 5.41) is 5.46. The third-order valence-corrected chi connectivity index (χ3v) is 4.00. The average molecular weight is 411 g/mol. The first-order valence-electron chi connectivity index (χ1n) is 7.85. The number of ether oxygens (including phenoxy) is 2. The van der Waals surface area contributed by atoms with E-state index in [-0.39, 0.29) is 22.2 Å². The number of hydrogen-bond donors (Lipinski definition) is 2. The van der Waals surface area contributed by atoms with Gasteiger partial charge in [-0.25, -0.2) is 9.59 Å². The van der Waals surface area contributed by atoms with E-state index in [1.165, 1.54) is 12.1 Å². The number of hydrogen-bond acceptors (Lipinski definition) is 5. The van der Waals surface area contributed by atoms with Crippen LogP contribution in [0.4, 0.5) is 16.2 Å². The number of amides is 2. The highest BCUT2D eigenvalue weighted by Crippen LogP contribution is 2.29. The fourth-order valence-electron chi connectivity index (χ4n) is 2.01. The van der Waals surface area contributed by atoms with Crippen LogP contribution in [0.1, 0.15) is 17.3 Å². The molecule has 2 aromatic carbocycles. The highest BCUT2D eigenvalue weighted by atomic mass is 35.5. The lowest BCUT2D eigenvalue weighted by molar-refractivity contribution is -0.119. The minimum atomic E-state index is -0.727. The number of carbonyl (C=O) groups excluding carboxylic acids is 3. The highest BCUT2D eigenvalue weighted by Gasteiger charge is 2.13. The van der Waals surface area contributed by atoms with Gasteiger partial charge < -0.3 is 14.8 Å². The standard InChI is InChI=1S/C18H16Cl2N2O5/c1-2-26-18(25)21-12-6-3-5-11(9-12)17(24)27-10-15(23)22-14-8-4-7-13(19)16(14)20/h3-9H,2,10H2,1H3,(H,21,25)(H,22,23). The molecule has 0 saturated heterocycles. The van der Waals surface area contributed by atoms with E-state index in [2.05, 4.69) is 10.6 Å². The first-order valence-corrected chi connectivity index (χ1v) is 8.61. The Morgan fingerprint density at radius 1 is 1.00 bits per heavy atom. The number of halogens is 2. The van der Waals surface area contributed by atoms with Crippen LogP contribution in [-0.2, 0) is 14.3 Å². The van der Waals surface area contributed by atoms with Gasteiger partial charge in [0.1, 0.15) is 0 Å². The second kappa shape index (κ2) is 9.80. The number of esters is 1. The Morgan fingerprint density at radius 3 is 2.48 bits per heavy atom. The lowest BCUT2D eigenvalue weighted by atomic mass is 10.2. The van der Waals surface area contributed by atoms with Crippen LogP contribution in [0.15, 0.2) is 42.5 Å². The lowest BCUT2D eigenvalue weighted by Gasteiger charge is -2.09. The van der Waals surface area contributed by atoms with Crippen LogP contribution in [0.2, 0.25) is 10.0 Å². The van der Waals surface area contributed by atoms with Gasteiger partial charge in [-0.2, -0.15) is 0 Å². The smallest absolute Gasteiger partial charge is 0.411 e.